The zero-order valence-electron chi connectivity index (χ0n) is 11.0. The monoisotopic (exact) mass is 270 g/mol. The molecule has 3 N–H and O–H groups in total. The standard InChI is InChI=1S/C11H18N4O4/c1-7(10(17)12-5-6-19-2)13-11(18)8-3-4-9(16)15-14-8/h7H,3-6H2,1-2H3,(H,12,17)(H,13,18)(H,15,16). The molecule has 1 atom stereocenters. The fourth-order valence-electron chi connectivity index (χ4n) is 1.41. The summed E-state index contributed by atoms with van der Waals surface area (Å²) in [6.45, 7) is 2.36. The molecule has 8 nitrogen and oxygen atoms in total. The molecule has 0 aliphatic carbocycles. The fourth-order valence-corrected chi connectivity index (χ4v) is 1.41. The van der Waals surface area contributed by atoms with Crippen molar-refractivity contribution < 1.29 is 19.1 Å². The predicted molar refractivity (Wildman–Crippen MR) is 67.3 cm³/mol. The van der Waals surface area contributed by atoms with Crippen LogP contribution in [-0.2, 0) is 19.1 Å². The number of nitrogens with one attached hydrogen (secondary N) is 3. The van der Waals surface area contributed by atoms with Gasteiger partial charge in [0.1, 0.15) is 11.8 Å². The molecule has 8 heteroatoms. The molecule has 1 aliphatic heterocycles. The van der Waals surface area contributed by atoms with Crippen LogP contribution >= 0.6 is 0 Å². The van der Waals surface area contributed by atoms with E-state index in [0.717, 1.165) is 0 Å². The molecule has 1 aliphatic rings. The van der Waals surface area contributed by atoms with Gasteiger partial charge in [-0.15, -0.1) is 0 Å². The molecule has 1 heterocycles. The van der Waals surface area contributed by atoms with E-state index in [1.54, 1.807) is 6.92 Å². The summed E-state index contributed by atoms with van der Waals surface area (Å²) in [5.74, 6) is -0.970. The van der Waals surface area contributed by atoms with E-state index in [9.17, 15) is 14.4 Å². The van der Waals surface area contributed by atoms with Gasteiger partial charge in [-0.3, -0.25) is 14.4 Å². The maximum absolute atomic E-state index is 11.8. The van der Waals surface area contributed by atoms with Crippen LogP contribution in [0.5, 0.6) is 0 Å². The summed E-state index contributed by atoms with van der Waals surface area (Å²) >= 11 is 0. The first kappa shape index (κ1) is 15.1. The van der Waals surface area contributed by atoms with Crippen molar-refractivity contribution in [3.63, 3.8) is 0 Å². The van der Waals surface area contributed by atoms with Crippen molar-refractivity contribution in [2.75, 3.05) is 20.3 Å². The highest BCUT2D eigenvalue weighted by Crippen LogP contribution is 2.00. The highest BCUT2D eigenvalue weighted by molar-refractivity contribution is 6.39. The van der Waals surface area contributed by atoms with E-state index in [4.69, 9.17) is 4.74 Å². The number of hydrogen-bond donors (Lipinski definition) is 3. The second-order valence-electron chi connectivity index (χ2n) is 4.07. The van der Waals surface area contributed by atoms with Gasteiger partial charge in [-0.25, -0.2) is 5.43 Å². The summed E-state index contributed by atoms with van der Waals surface area (Å²) in [5.41, 5.74) is 2.45. The average Bonchev–Trinajstić information content (AvgIpc) is 2.39. The van der Waals surface area contributed by atoms with E-state index >= 15 is 0 Å². The molecular weight excluding hydrogens is 252 g/mol. The molecule has 0 fully saturated rings. The maximum Gasteiger partial charge on any atom is 0.268 e. The number of hydrazone groups is 1. The SMILES string of the molecule is COCCNC(=O)C(C)NC(=O)C1=NNC(=O)CC1. The van der Waals surface area contributed by atoms with Crippen LogP contribution in [0.2, 0.25) is 0 Å². The van der Waals surface area contributed by atoms with Gasteiger partial charge in [0, 0.05) is 26.5 Å². The van der Waals surface area contributed by atoms with Gasteiger partial charge in [0.05, 0.1) is 6.61 Å². The summed E-state index contributed by atoms with van der Waals surface area (Å²) in [6, 6.07) is -0.676. The van der Waals surface area contributed by atoms with Crippen molar-refractivity contribution in [1.29, 1.82) is 0 Å². The van der Waals surface area contributed by atoms with Gasteiger partial charge in [-0.05, 0) is 6.92 Å². The molecule has 106 valence electrons. The molecule has 0 saturated heterocycles. The number of ether oxygens (including phenoxy) is 1. The maximum atomic E-state index is 11.8. The Balaban J connectivity index is 2.39. The van der Waals surface area contributed by atoms with Gasteiger partial charge in [0.25, 0.3) is 5.91 Å². The molecule has 1 rings (SSSR count). The van der Waals surface area contributed by atoms with Crippen LogP contribution < -0.4 is 16.1 Å². The summed E-state index contributed by atoms with van der Waals surface area (Å²) in [7, 11) is 1.53. The first-order chi connectivity index (χ1) is 9.04. The Morgan fingerprint density at radius 3 is 2.79 bits per heavy atom. The van der Waals surface area contributed by atoms with E-state index in [2.05, 4.69) is 21.2 Å². The largest absolute Gasteiger partial charge is 0.383 e. The third kappa shape index (κ3) is 5.04. The van der Waals surface area contributed by atoms with Gasteiger partial charge in [-0.1, -0.05) is 0 Å². The van der Waals surface area contributed by atoms with Gasteiger partial charge < -0.3 is 15.4 Å². The smallest absolute Gasteiger partial charge is 0.268 e. The second kappa shape index (κ2) is 7.47. The zero-order valence-corrected chi connectivity index (χ0v) is 11.0. The number of rotatable bonds is 6. The van der Waals surface area contributed by atoms with Crippen LogP contribution in [-0.4, -0.2) is 49.7 Å². The first-order valence-corrected chi connectivity index (χ1v) is 5.97. The van der Waals surface area contributed by atoms with Crippen molar-refractivity contribution in [2.24, 2.45) is 5.10 Å². The third-order valence-electron chi connectivity index (χ3n) is 2.51. The highest BCUT2D eigenvalue weighted by Gasteiger charge is 2.21. The summed E-state index contributed by atoms with van der Waals surface area (Å²) < 4.78 is 4.80. The van der Waals surface area contributed by atoms with Gasteiger partial charge in [-0.2, -0.15) is 5.10 Å². The summed E-state index contributed by atoms with van der Waals surface area (Å²) in [4.78, 5) is 34.2. The lowest BCUT2D eigenvalue weighted by molar-refractivity contribution is -0.126. The molecule has 0 aromatic carbocycles. The molecule has 0 aromatic heterocycles. The number of carbonyl (C=O) groups is 3. The van der Waals surface area contributed by atoms with E-state index < -0.39 is 11.9 Å². The quantitative estimate of drug-likeness (QED) is 0.511. The van der Waals surface area contributed by atoms with Crippen molar-refractivity contribution in [3.8, 4) is 0 Å². The highest BCUT2D eigenvalue weighted by atomic mass is 16.5. The normalized spacial score (nSPS) is 16.1. The van der Waals surface area contributed by atoms with Crippen molar-refractivity contribution in [1.82, 2.24) is 16.1 Å². The molecular formula is C11H18N4O4. The average molecular weight is 270 g/mol. The molecule has 19 heavy (non-hydrogen) atoms. The zero-order chi connectivity index (χ0) is 14.3. The van der Waals surface area contributed by atoms with Crippen molar-refractivity contribution in [3.05, 3.63) is 0 Å². The lowest BCUT2D eigenvalue weighted by Crippen LogP contribution is -2.48. The Kier molecular flexibility index (Phi) is 5.94. The predicted octanol–water partition coefficient (Wildman–Crippen LogP) is -1.48. The van der Waals surface area contributed by atoms with Crippen LogP contribution in [0, 0.1) is 0 Å². The molecule has 0 saturated carbocycles. The van der Waals surface area contributed by atoms with E-state index in [1.165, 1.54) is 7.11 Å². The Hall–Kier alpha value is -1.96. The second-order valence-corrected chi connectivity index (χ2v) is 4.07. The van der Waals surface area contributed by atoms with E-state index in [0.29, 0.717) is 13.2 Å². The minimum Gasteiger partial charge on any atom is -0.383 e. The number of hydrogen-bond acceptors (Lipinski definition) is 5. The molecule has 0 aromatic rings. The molecule has 0 bridgehead atoms. The Morgan fingerprint density at radius 2 is 2.21 bits per heavy atom. The minimum atomic E-state index is -0.676. The fraction of sp³-hybridized carbons (Fsp3) is 0.636. The Bertz CT molecular complexity index is 394. The molecule has 0 spiro atoms. The molecule has 3 amide bonds. The lowest BCUT2D eigenvalue weighted by Gasteiger charge is -2.16. The van der Waals surface area contributed by atoms with Crippen LogP contribution in [0.4, 0.5) is 0 Å². The lowest BCUT2D eigenvalue weighted by atomic mass is 10.1. The number of amides is 3. The van der Waals surface area contributed by atoms with Crippen LogP contribution in [0.25, 0.3) is 0 Å². The van der Waals surface area contributed by atoms with Crippen molar-refractivity contribution >= 4 is 23.4 Å². The minimum absolute atomic E-state index is 0.219. The first-order valence-electron chi connectivity index (χ1n) is 5.97. The van der Waals surface area contributed by atoms with Gasteiger partial charge in [0.2, 0.25) is 11.8 Å². The Morgan fingerprint density at radius 1 is 1.47 bits per heavy atom. The third-order valence-corrected chi connectivity index (χ3v) is 2.51. The van der Waals surface area contributed by atoms with Crippen LogP contribution in [0.15, 0.2) is 5.10 Å². The number of nitrogens with zero attached hydrogens (tertiary/aromatic N) is 1. The number of carbonyl (C=O) groups excluding carboxylic acids is 3. The Labute approximate surface area is 110 Å². The molecule has 1 unspecified atom stereocenters. The molecule has 0 radical (unpaired) electrons. The van der Waals surface area contributed by atoms with Crippen LogP contribution in [0.1, 0.15) is 19.8 Å². The van der Waals surface area contributed by atoms with Gasteiger partial charge >= 0.3 is 0 Å². The summed E-state index contributed by atoms with van der Waals surface area (Å²) in [6.07, 6.45) is 0.496. The van der Waals surface area contributed by atoms with E-state index in [1.807, 2.05) is 0 Å². The summed E-state index contributed by atoms with van der Waals surface area (Å²) in [5, 5.41) is 8.78. The topological polar surface area (TPSA) is 109 Å². The van der Waals surface area contributed by atoms with Gasteiger partial charge in [0.15, 0.2) is 0 Å². The van der Waals surface area contributed by atoms with E-state index in [-0.39, 0.29) is 30.4 Å². The number of methoxy groups -OCH3 is 1. The van der Waals surface area contributed by atoms with Crippen molar-refractivity contribution in [2.45, 2.75) is 25.8 Å². The van der Waals surface area contributed by atoms with Crippen LogP contribution in [0.3, 0.4) is 0 Å².